The summed E-state index contributed by atoms with van der Waals surface area (Å²) in [6.07, 6.45) is 0. The van der Waals surface area contributed by atoms with E-state index >= 15 is 0 Å². The number of aliphatic hydroxyl groups is 1. The molecule has 2 aromatic carbocycles. The van der Waals surface area contributed by atoms with Gasteiger partial charge in [-0.1, -0.05) is 54.1 Å². The van der Waals surface area contributed by atoms with Crippen LogP contribution < -0.4 is 4.90 Å². The van der Waals surface area contributed by atoms with Crippen LogP contribution in [0.1, 0.15) is 28.6 Å². The first-order valence-electron chi connectivity index (χ1n) is 9.43. The Balaban J connectivity index is 2.00. The van der Waals surface area contributed by atoms with Crippen molar-refractivity contribution in [2.75, 3.05) is 4.90 Å². The highest BCUT2D eigenvalue weighted by molar-refractivity contribution is 6.51. The summed E-state index contributed by atoms with van der Waals surface area (Å²) < 4.78 is 1.67. The minimum absolute atomic E-state index is 0.0381. The Hall–Kier alpha value is -3.38. The third-order valence-corrected chi connectivity index (χ3v) is 5.64. The molecular weight excluding hydrogens is 402 g/mol. The predicted octanol–water partition coefficient (Wildman–Crippen LogP) is 4.32. The predicted molar refractivity (Wildman–Crippen MR) is 115 cm³/mol. The second-order valence-electron chi connectivity index (χ2n) is 7.23. The first-order valence-corrected chi connectivity index (χ1v) is 9.81. The van der Waals surface area contributed by atoms with Gasteiger partial charge in [-0.2, -0.15) is 5.10 Å². The molecule has 1 aliphatic rings. The van der Waals surface area contributed by atoms with Crippen molar-refractivity contribution in [1.82, 2.24) is 9.78 Å². The maximum absolute atomic E-state index is 13.2. The number of aryl methyl sites for hydroxylation is 2. The molecule has 1 N–H and O–H groups in total. The van der Waals surface area contributed by atoms with Crippen LogP contribution in [-0.4, -0.2) is 26.6 Å². The molecule has 0 radical (unpaired) electrons. The van der Waals surface area contributed by atoms with Gasteiger partial charge in [-0.05, 0) is 31.5 Å². The summed E-state index contributed by atoms with van der Waals surface area (Å²) in [6, 6.07) is 14.8. The lowest BCUT2D eigenvalue weighted by Gasteiger charge is -2.25. The summed E-state index contributed by atoms with van der Waals surface area (Å²) in [7, 11) is 1.78. The fourth-order valence-electron chi connectivity index (χ4n) is 3.89. The lowest BCUT2D eigenvalue weighted by Crippen LogP contribution is -2.30. The highest BCUT2D eigenvalue weighted by Crippen LogP contribution is 2.44. The number of carbonyl (C=O) groups is 2. The molecule has 1 unspecified atom stereocenters. The van der Waals surface area contributed by atoms with E-state index in [0.717, 1.165) is 5.69 Å². The molecule has 30 heavy (non-hydrogen) atoms. The van der Waals surface area contributed by atoms with Crippen LogP contribution in [0.15, 0.2) is 60.2 Å². The number of anilines is 1. The summed E-state index contributed by atoms with van der Waals surface area (Å²) in [5.41, 5.74) is 3.10. The normalized spacial score (nSPS) is 18.3. The maximum Gasteiger partial charge on any atom is 0.300 e. The number of Topliss-reactive ketones (excluding diaryl/α,β-unsaturated/α-hetero) is 1. The molecular formula is C23H20ClN3O3. The zero-order chi connectivity index (χ0) is 21.6. The van der Waals surface area contributed by atoms with Gasteiger partial charge < -0.3 is 5.11 Å². The Morgan fingerprint density at radius 1 is 1.03 bits per heavy atom. The van der Waals surface area contributed by atoms with E-state index in [1.54, 1.807) is 67.2 Å². The molecule has 7 heteroatoms. The van der Waals surface area contributed by atoms with Crippen LogP contribution in [0.5, 0.6) is 0 Å². The molecule has 0 spiro atoms. The van der Waals surface area contributed by atoms with E-state index in [4.69, 9.17) is 11.6 Å². The van der Waals surface area contributed by atoms with Gasteiger partial charge in [0.1, 0.15) is 5.76 Å². The van der Waals surface area contributed by atoms with Crippen LogP contribution in [0.4, 0.5) is 5.69 Å². The summed E-state index contributed by atoms with van der Waals surface area (Å²) >= 11 is 6.06. The molecule has 0 saturated carbocycles. The van der Waals surface area contributed by atoms with Gasteiger partial charge in [0.25, 0.3) is 11.7 Å². The van der Waals surface area contributed by atoms with Gasteiger partial charge >= 0.3 is 0 Å². The summed E-state index contributed by atoms with van der Waals surface area (Å²) in [6.45, 7) is 3.63. The van der Waals surface area contributed by atoms with Crippen molar-refractivity contribution in [3.63, 3.8) is 0 Å². The standard InChI is InChI=1S/C23H20ClN3O3/c1-13-19(14(2)26(3)25-13)27-20(15-9-11-17(24)12-10-15)18(22(29)23(27)30)21(28)16-7-5-4-6-8-16/h4-12,20,28H,1-3H3/b21-18-. The minimum atomic E-state index is -0.802. The number of aliphatic hydroxyl groups excluding tert-OH is 1. The number of ketones is 1. The molecule has 0 bridgehead atoms. The zero-order valence-electron chi connectivity index (χ0n) is 16.8. The number of benzene rings is 2. The van der Waals surface area contributed by atoms with Gasteiger partial charge in [-0.3, -0.25) is 19.2 Å². The SMILES string of the molecule is Cc1nn(C)c(C)c1N1C(=O)C(=O)/C(=C(\O)c2ccccc2)C1c1ccc(Cl)cc1. The van der Waals surface area contributed by atoms with Gasteiger partial charge in [-0.25, -0.2) is 0 Å². The van der Waals surface area contributed by atoms with E-state index in [2.05, 4.69) is 5.10 Å². The maximum atomic E-state index is 13.2. The quantitative estimate of drug-likeness (QED) is 0.388. The molecule has 1 aromatic heterocycles. The molecule has 3 aromatic rings. The monoisotopic (exact) mass is 421 g/mol. The van der Waals surface area contributed by atoms with E-state index in [1.165, 1.54) is 4.90 Å². The van der Waals surface area contributed by atoms with Crippen molar-refractivity contribution in [1.29, 1.82) is 0 Å². The Labute approximate surface area is 179 Å². The van der Waals surface area contributed by atoms with E-state index in [9.17, 15) is 14.7 Å². The molecule has 152 valence electrons. The van der Waals surface area contributed by atoms with E-state index < -0.39 is 17.7 Å². The van der Waals surface area contributed by atoms with Gasteiger partial charge in [0.15, 0.2) is 0 Å². The largest absolute Gasteiger partial charge is 0.507 e. The van der Waals surface area contributed by atoms with Crippen molar-refractivity contribution in [3.05, 3.63) is 87.7 Å². The number of aromatic nitrogens is 2. The Morgan fingerprint density at radius 2 is 1.67 bits per heavy atom. The number of hydrogen-bond donors (Lipinski definition) is 1. The number of carbonyl (C=O) groups excluding carboxylic acids is 2. The summed E-state index contributed by atoms with van der Waals surface area (Å²) in [4.78, 5) is 27.7. The Bertz CT molecular complexity index is 1180. The van der Waals surface area contributed by atoms with E-state index in [1.807, 2.05) is 13.0 Å². The molecule has 4 rings (SSSR count). The number of hydrogen-bond acceptors (Lipinski definition) is 4. The molecule has 1 amide bonds. The summed E-state index contributed by atoms with van der Waals surface area (Å²) in [5, 5.41) is 16.0. The van der Waals surface area contributed by atoms with Crippen LogP contribution in [0.2, 0.25) is 5.02 Å². The van der Waals surface area contributed by atoms with E-state index in [-0.39, 0.29) is 11.3 Å². The first kappa shape index (κ1) is 19.9. The van der Waals surface area contributed by atoms with Crippen LogP contribution in [0.3, 0.4) is 0 Å². The number of amides is 1. The third kappa shape index (κ3) is 3.09. The lowest BCUT2D eigenvalue weighted by molar-refractivity contribution is -0.132. The van der Waals surface area contributed by atoms with Gasteiger partial charge in [-0.15, -0.1) is 0 Å². The molecule has 1 saturated heterocycles. The molecule has 0 aliphatic carbocycles. The van der Waals surface area contributed by atoms with Crippen molar-refractivity contribution in [3.8, 4) is 0 Å². The lowest BCUT2D eigenvalue weighted by atomic mass is 9.95. The van der Waals surface area contributed by atoms with Crippen LogP contribution in [-0.2, 0) is 16.6 Å². The Morgan fingerprint density at radius 3 is 2.23 bits per heavy atom. The second-order valence-corrected chi connectivity index (χ2v) is 7.67. The molecule has 1 aliphatic heterocycles. The third-order valence-electron chi connectivity index (χ3n) is 5.39. The van der Waals surface area contributed by atoms with Crippen molar-refractivity contribution >= 4 is 34.7 Å². The smallest absolute Gasteiger partial charge is 0.300 e. The van der Waals surface area contributed by atoms with Crippen LogP contribution in [0.25, 0.3) is 5.76 Å². The van der Waals surface area contributed by atoms with Crippen molar-refractivity contribution in [2.45, 2.75) is 19.9 Å². The molecule has 1 atom stereocenters. The molecule has 2 heterocycles. The minimum Gasteiger partial charge on any atom is -0.507 e. The van der Waals surface area contributed by atoms with Gasteiger partial charge in [0.2, 0.25) is 0 Å². The fourth-order valence-corrected chi connectivity index (χ4v) is 4.01. The van der Waals surface area contributed by atoms with Gasteiger partial charge in [0.05, 0.1) is 28.7 Å². The summed E-state index contributed by atoms with van der Waals surface area (Å²) in [5.74, 6) is -1.65. The highest BCUT2D eigenvalue weighted by atomic mass is 35.5. The fraction of sp³-hybridized carbons (Fsp3) is 0.174. The molecule has 1 fully saturated rings. The highest BCUT2D eigenvalue weighted by Gasteiger charge is 2.48. The number of halogens is 1. The number of nitrogens with zero attached hydrogens (tertiary/aromatic N) is 3. The van der Waals surface area contributed by atoms with Crippen molar-refractivity contribution < 1.29 is 14.7 Å². The van der Waals surface area contributed by atoms with Crippen molar-refractivity contribution in [2.24, 2.45) is 7.05 Å². The van der Waals surface area contributed by atoms with Crippen LogP contribution in [0, 0.1) is 13.8 Å². The second kappa shape index (κ2) is 7.46. The average molecular weight is 422 g/mol. The number of rotatable bonds is 3. The van der Waals surface area contributed by atoms with Crippen LogP contribution >= 0.6 is 11.6 Å². The first-order chi connectivity index (χ1) is 14.3. The average Bonchev–Trinajstić information content (AvgIpc) is 3.14. The topological polar surface area (TPSA) is 75.4 Å². The van der Waals surface area contributed by atoms with E-state index in [0.29, 0.717) is 27.5 Å². The zero-order valence-corrected chi connectivity index (χ0v) is 17.5. The van der Waals surface area contributed by atoms with Gasteiger partial charge in [0, 0.05) is 17.6 Å². The Kier molecular flexibility index (Phi) is 4.95. The molecule has 6 nitrogen and oxygen atoms in total.